The molecule has 0 aliphatic carbocycles. The van der Waals surface area contributed by atoms with Gasteiger partial charge in [0.05, 0.1) is 5.41 Å². The number of aliphatic carboxylic acids is 1. The first kappa shape index (κ1) is 20.7. The molecule has 1 atom stereocenters. The van der Waals surface area contributed by atoms with Gasteiger partial charge in [-0.1, -0.05) is 31.2 Å². The summed E-state index contributed by atoms with van der Waals surface area (Å²) >= 11 is 0. The Kier molecular flexibility index (Phi) is 7.19. The van der Waals surface area contributed by atoms with E-state index in [0.29, 0.717) is 5.69 Å². The zero-order valence-corrected chi connectivity index (χ0v) is 16.2. The predicted octanol–water partition coefficient (Wildman–Crippen LogP) is 2.93. The zero-order chi connectivity index (χ0) is 19.9. The van der Waals surface area contributed by atoms with Crippen LogP contribution in [-0.4, -0.2) is 35.7 Å². The number of pyridine rings is 1. The van der Waals surface area contributed by atoms with Crippen LogP contribution >= 0.6 is 0 Å². The number of H-pyrrole nitrogens is 1. The predicted molar refractivity (Wildman–Crippen MR) is 109 cm³/mol. The van der Waals surface area contributed by atoms with Gasteiger partial charge >= 0.3 is 5.97 Å². The van der Waals surface area contributed by atoms with Crippen LogP contribution in [0.4, 0.5) is 5.69 Å². The van der Waals surface area contributed by atoms with Gasteiger partial charge in [-0.25, -0.2) is 0 Å². The van der Waals surface area contributed by atoms with E-state index in [1.54, 1.807) is 32.2 Å². The second-order valence-electron chi connectivity index (χ2n) is 7.35. The van der Waals surface area contributed by atoms with E-state index in [1.807, 2.05) is 24.3 Å². The van der Waals surface area contributed by atoms with Gasteiger partial charge in [0.15, 0.2) is 0 Å². The molecule has 2 rings (SSSR count). The molecule has 1 aromatic heterocycles. The Morgan fingerprint density at radius 2 is 2.00 bits per heavy atom. The van der Waals surface area contributed by atoms with Crippen molar-refractivity contribution in [3.05, 3.63) is 64.1 Å². The molecule has 2 aromatic rings. The number of carboxylic acid groups (broad SMARTS) is 1. The Bertz CT molecular complexity index is 814. The van der Waals surface area contributed by atoms with Crippen molar-refractivity contribution < 1.29 is 9.90 Å². The molecule has 1 unspecified atom stereocenters. The lowest BCUT2D eigenvalue weighted by Gasteiger charge is -2.22. The van der Waals surface area contributed by atoms with Crippen LogP contribution in [0.25, 0.3) is 0 Å². The van der Waals surface area contributed by atoms with E-state index in [-0.39, 0.29) is 11.5 Å². The number of aromatic amines is 1. The molecule has 27 heavy (non-hydrogen) atoms. The molecule has 0 spiro atoms. The SMILES string of the molecule is CC(CNCCCNc1ccc[nH]c1=O)c1cccc(C(C)(C)C(=O)O)c1. The molecular weight excluding hydrogens is 342 g/mol. The van der Waals surface area contributed by atoms with Crippen molar-refractivity contribution in [1.82, 2.24) is 10.3 Å². The molecule has 1 aromatic carbocycles. The largest absolute Gasteiger partial charge is 0.481 e. The molecule has 0 saturated carbocycles. The summed E-state index contributed by atoms with van der Waals surface area (Å²) < 4.78 is 0. The van der Waals surface area contributed by atoms with Gasteiger partial charge in [-0.3, -0.25) is 9.59 Å². The number of nitrogens with one attached hydrogen (secondary N) is 3. The molecule has 0 saturated heterocycles. The summed E-state index contributed by atoms with van der Waals surface area (Å²) in [5.74, 6) is -0.547. The zero-order valence-electron chi connectivity index (χ0n) is 16.2. The van der Waals surface area contributed by atoms with Crippen molar-refractivity contribution in [3.8, 4) is 0 Å². The van der Waals surface area contributed by atoms with Gasteiger partial charge in [-0.05, 0) is 56.0 Å². The molecule has 0 aliphatic heterocycles. The van der Waals surface area contributed by atoms with Gasteiger partial charge in [0.2, 0.25) is 0 Å². The van der Waals surface area contributed by atoms with E-state index in [0.717, 1.165) is 37.2 Å². The highest BCUT2D eigenvalue weighted by atomic mass is 16.4. The van der Waals surface area contributed by atoms with Crippen LogP contribution in [0.15, 0.2) is 47.4 Å². The van der Waals surface area contributed by atoms with Gasteiger partial charge in [-0.15, -0.1) is 0 Å². The molecule has 0 bridgehead atoms. The summed E-state index contributed by atoms with van der Waals surface area (Å²) in [6.45, 7) is 7.94. The highest BCUT2D eigenvalue weighted by Crippen LogP contribution is 2.26. The molecule has 6 nitrogen and oxygen atoms in total. The third-order valence-corrected chi connectivity index (χ3v) is 4.83. The summed E-state index contributed by atoms with van der Waals surface area (Å²) in [7, 11) is 0. The summed E-state index contributed by atoms with van der Waals surface area (Å²) in [6, 6.07) is 11.4. The van der Waals surface area contributed by atoms with Crippen molar-refractivity contribution in [2.24, 2.45) is 0 Å². The Morgan fingerprint density at radius 1 is 1.22 bits per heavy atom. The Balaban J connectivity index is 1.77. The van der Waals surface area contributed by atoms with Crippen molar-refractivity contribution >= 4 is 11.7 Å². The second kappa shape index (κ2) is 9.37. The fourth-order valence-electron chi connectivity index (χ4n) is 2.79. The number of carboxylic acids is 1. The smallest absolute Gasteiger partial charge is 0.313 e. The standard InChI is InChI=1S/C21H29N3O3/c1-15(16-7-4-8-17(13-16)21(2,3)20(26)27)14-22-10-6-12-23-18-9-5-11-24-19(18)25/h4-5,7-9,11,13,15,22-23H,6,10,12,14H2,1-3H3,(H,24,25)(H,26,27). The molecule has 146 valence electrons. The van der Waals surface area contributed by atoms with Crippen molar-refractivity contribution in [3.63, 3.8) is 0 Å². The van der Waals surface area contributed by atoms with Crippen LogP contribution in [-0.2, 0) is 10.2 Å². The van der Waals surface area contributed by atoms with Crippen molar-refractivity contribution in [2.75, 3.05) is 25.0 Å². The van der Waals surface area contributed by atoms with Gasteiger partial charge in [-0.2, -0.15) is 0 Å². The number of anilines is 1. The van der Waals surface area contributed by atoms with Gasteiger partial charge < -0.3 is 20.7 Å². The normalized spacial score (nSPS) is 12.6. The van der Waals surface area contributed by atoms with E-state index < -0.39 is 11.4 Å². The van der Waals surface area contributed by atoms with Gasteiger partial charge in [0.25, 0.3) is 5.56 Å². The molecule has 1 heterocycles. The average molecular weight is 371 g/mol. The first-order valence-corrected chi connectivity index (χ1v) is 9.28. The van der Waals surface area contributed by atoms with Crippen molar-refractivity contribution in [2.45, 2.75) is 38.5 Å². The molecule has 0 fully saturated rings. The summed E-state index contributed by atoms with van der Waals surface area (Å²) in [4.78, 5) is 25.7. The average Bonchev–Trinajstić information content (AvgIpc) is 2.65. The molecule has 0 radical (unpaired) electrons. The fourth-order valence-corrected chi connectivity index (χ4v) is 2.79. The Morgan fingerprint density at radius 3 is 2.70 bits per heavy atom. The van der Waals surface area contributed by atoms with E-state index in [1.165, 1.54) is 0 Å². The molecule has 0 amide bonds. The van der Waals surface area contributed by atoms with E-state index >= 15 is 0 Å². The number of hydrogen-bond acceptors (Lipinski definition) is 4. The van der Waals surface area contributed by atoms with Crippen LogP contribution < -0.4 is 16.2 Å². The quantitative estimate of drug-likeness (QED) is 0.482. The minimum absolute atomic E-state index is 0.108. The summed E-state index contributed by atoms with van der Waals surface area (Å²) in [5, 5.41) is 16.0. The minimum Gasteiger partial charge on any atom is -0.481 e. The Labute approximate surface area is 160 Å². The topological polar surface area (TPSA) is 94.2 Å². The Hall–Kier alpha value is -2.60. The maximum atomic E-state index is 11.6. The summed E-state index contributed by atoms with van der Waals surface area (Å²) in [6.07, 6.45) is 2.51. The number of hydrogen-bond donors (Lipinski definition) is 4. The minimum atomic E-state index is -0.899. The highest BCUT2D eigenvalue weighted by Gasteiger charge is 2.29. The lowest BCUT2D eigenvalue weighted by molar-refractivity contribution is -0.142. The maximum absolute atomic E-state index is 11.6. The van der Waals surface area contributed by atoms with E-state index in [2.05, 4.69) is 22.5 Å². The monoisotopic (exact) mass is 371 g/mol. The number of benzene rings is 1. The number of aromatic nitrogens is 1. The van der Waals surface area contributed by atoms with Crippen molar-refractivity contribution in [1.29, 1.82) is 0 Å². The molecule has 4 N–H and O–H groups in total. The van der Waals surface area contributed by atoms with Crippen LogP contribution in [0.2, 0.25) is 0 Å². The number of rotatable bonds is 10. The van der Waals surface area contributed by atoms with Gasteiger partial charge in [0, 0.05) is 19.3 Å². The fraction of sp³-hybridized carbons (Fsp3) is 0.429. The van der Waals surface area contributed by atoms with Gasteiger partial charge in [0.1, 0.15) is 5.69 Å². The van der Waals surface area contributed by atoms with Crippen LogP contribution in [0.3, 0.4) is 0 Å². The molecular formula is C21H29N3O3. The summed E-state index contributed by atoms with van der Waals surface area (Å²) in [5.41, 5.74) is 1.52. The highest BCUT2D eigenvalue weighted by molar-refractivity contribution is 5.80. The van der Waals surface area contributed by atoms with E-state index in [4.69, 9.17) is 0 Å². The third-order valence-electron chi connectivity index (χ3n) is 4.83. The maximum Gasteiger partial charge on any atom is 0.313 e. The number of carbonyl (C=O) groups is 1. The lowest BCUT2D eigenvalue weighted by Crippen LogP contribution is -2.29. The first-order chi connectivity index (χ1) is 12.8. The van der Waals surface area contributed by atoms with Crippen LogP contribution in [0, 0.1) is 0 Å². The third kappa shape index (κ3) is 5.69. The second-order valence-corrected chi connectivity index (χ2v) is 7.35. The molecule has 0 aliphatic rings. The molecule has 6 heteroatoms. The first-order valence-electron chi connectivity index (χ1n) is 9.28. The van der Waals surface area contributed by atoms with Crippen LogP contribution in [0.5, 0.6) is 0 Å². The van der Waals surface area contributed by atoms with Crippen LogP contribution in [0.1, 0.15) is 44.2 Å². The van der Waals surface area contributed by atoms with E-state index in [9.17, 15) is 14.7 Å². The lowest BCUT2D eigenvalue weighted by atomic mass is 9.83.